The van der Waals surface area contributed by atoms with Crippen molar-refractivity contribution in [3.05, 3.63) is 42.3 Å². The Bertz CT molecular complexity index is 1070. The fourth-order valence-electron chi connectivity index (χ4n) is 4.02. The monoisotopic (exact) mass is 471 g/mol. The highest BCUT2D eigenvalue weighted by molar-refractivity contribution is 5.90. The Morgan fingerprint density at radius 2 is 1.97 bits per heavy atom. The SMILES string of the molecule is CC(=O)NC[C@H]1CN(c2ccc(-c3ccc(N4CCN(C(=O)CO)CC4)nc3)c(F)c2)C(=O)O1. The van der Waals surface area contributed by atoms with Gasteiger partial charge in [-0.3, -0.25) is 14.5 Å². The number of ether oxygens (including phenoxy) is 1. The fraction of sp³-hybridized carbons (Fsp3) is 0.391. The predicted octanol–water partition coefficient (Wildman–Crippen LogP) is 0.990. The van der Waals surface area contributed by atoms with Crippen LogP contribution in [0.15, 0.2) is 36.5 Å². The van der Waals surface area contributed by atoms with Crippen molar-refractivity contribution < 1.29 is 28.6 Å². The van der Waals surface area contributed by atoms with E-state index in [1.807, 2.05) is 4.90 Å². The van der Waals surface area contributed by atoms with Crippen LogP contribution in [-0.4, -0.2) is 84.9 Å². The summed E-state index contributed by atoms with van der Waals surface area (Å²) >= 11 is 0. The van der Waals surface area contributed by atoms with Crippen LogP contribution in [0, 0.1) is 5.82 Å². The zero-order valence-corrected chi connectivity index (χ0v) is 18.7. The van der Waals surface area contributed by atoms with Crippen LogP contribution in [0.25, 0.3) is 11.1 Å². The molecular weight excluding hydrogens is 445 g/mol. The van der Waals surface area contributed by atoms with Crippen molar-refractivity contribution in [3.8, 4) is 11.1 Å². The second-order valence-electron chi connectivity index (χ2n) is 8.15. The van der Waals surface area contributed by atoms with Crippen molar-refractivity contribution in [2.24, 2.45) is 0 Å². The lowest BCUT2D eigenvalue weighted by atomic mass is 10.1. The molecule has 0 aliphatic carbocycles. The van der Waals surface area contributed by atoms with E-state index in [4.69, 9.17) is 9.84 Å². The normalized spacial score (nSPS) is 18.1. The summed E-state index contributed by atoms with van der Waals surface area (Å²) in [5.41, 5.74) is 1.31. The van der Waals surface area contributed by atoms with Gasteiger partial charge in [0, 0.05) is 50.4 Å². The molecule has 0 bridgehead atoms. The van der Waals surface area contributed by atoms with Gasteiger partial charge < -0.3 is 25.0 Å². The number of rotatable bonds is 6. The maximum absolute atomic E-state index is 14.9. The van der Waals surface area contributed by atoms with E-state index >= 15 is 0 Å². The standard InChI is InChI=1S/C23H26FN5O5/c1-15(31)25-12-18-13-29(23(33)34-18)17-3-4-19(20(24)10-17)16-2-5-21(26-11-16)27-6-8-28(9-7-27)22(32)14-30/h2-5,10-11,18,30H,6-9,12-14H2,1H3,(H,25,31)/t18-/m0/s1. The number of aliphatic hydroxyl groups is 1. The highest BCUT2D eigenvalue weighted by Gasteiger charge is 2.32. The number of amides is 3. The smallest absolute Gasteiger partial charge is 0.414 e. The Morgan fingerprint density at radius 1 is 1.21 bits per heavy atom. The number of nitrogens with zero attached hydrogens (tertiary/aromatic N) is 4. The summed E-state index contributed by atoms with van der Waals surface area (Å²) in [5, 5.41) is 11.6. The Kier molecular flexibility index (Phi) is 6.92. The molecule has 10 nitrogen and oxygen atoms in total. The molecule has 1 atom stereocenters. The van der Waals surface area contributed by atoms with E-state index in [9.17, 15) is 18.8 Å². The zero-order chi connectivity index (χ0) is 24.2. The number of aromatic nitrogens is 1. The third-order valence-corrected chi connectivity index (χ3v) is 5.87. The third kappa shape index (κ3) is 5.09. The number of aliphatic hydroxyl groups excluding tert-OH is 1. The van der Waals surface area contributed by atoms with Crippen molar-refractivity contribution in [1.29, 1.82) is 0 Å². The molecule has 1 aromatic heterocycles. The van der Waals surface area contributed by atoms with Crippen LogP contribution in [0.1, 0.15) is 6.92 Å². The molecule has 4 rings (SSSR count). The van der Waals surface area contributed by atoms with Gasteiger partial charge in [0.15, 0.2) is 0 Å². The average Bonchev–Trinajstić information content (AvgIpc) is 3.23. The number of carbonyl (C=O) groups excluding carboxylic acids is 3. The van der Waals surface area contributed by atoms with Gasteiger partial charge in [0.25, 0.3) is 0 Å². The topological polar surface area (TPSA) is 115 Å². The van der Waals surface area contributed by atoms with E-state index in [1.165, 1.54) is 17.9 Å². The first-order chi connectivity index (χ1) is 16.4. The summed E-state index contributed by atoms with van der Waals surface area (Å²) in [6.07, 6.45) is 0.500. The molecule has 1 aromatic carbocycles. The molecule has 2 fully saturated rings. The van der Waals surface area contributed by atoms with E-state index in [-0.39, 0.29) is 24.9 Å². The summed E-state index contributed by atoms with van der Waals surface area (Å²) in [6, 6.07) is 8.10. The minimum absolute atomic E-state index is 0.197. The second kappa shape index (κ2) is 10.0. The number of piperazine rings is 1. The molecule has 2 aliphatic heterocycles. The second-order valence-corrected chi connectivity index (χ2v) is 8.15. The number of hydrogen-bond donors (Lipinski definition) is 2. The molecular formula is C23H26FN5O5. The highest BCUT2D eigenvalue weighted by Crippen LogP contribution is 2.29. The molecule has 180 valence electrons. The molecule has 2 aliphatic rings. The minimum Gasteiger partial charge on any atom is -0.442 e. The molecule has 0 radical (unpaired) electrons. The quantitative estimate of drug-likeness (QED) is 0.646. The van der Waals surface area contributed by atoms with Crippen molar-refractivity contribution >= 4 is 29.4 Å². The van der Waals surface area contributed by atoms with E-state index in [0.717, 1.165) is 5.82 Å². The largest absolute Gasteiger partial charge is 0.442 e. The van der Waals surface area contributed by atoms with E-state index in [2.05, 4.69) is 10.3 Å². The molecule has 11 heteroatoms. The first kappa shape index (κ1) is 23.4. The van der Waals surface area contributed by atoms with Crippen LogP contribution in [0.3, 0.4) is 0 Å². The average molecular weight is 471 g/mol. The van der Waals surface area contributed by atoms with E-state index < -0.39 is 24.6 Å². The van der Waals surface area contributed by atoms with Crippen molar-refractivity contribution in [2.75, 3.05) is 55.7 Å². The predicted molar refractivity (Wildman–Crippen MR) is 122 cm³/mol. The molecule has 34 heavy (non-hydrogen) atoms. The molecule has 2 aromatic rings. The summed E-state index contributed by atoms with van der Waals surface area (Å²) in [4.78, 5) is 44.3. The molecule has 2 N–H and O–H groups in total. The zero-order valence-electron chi connectivity index (χ0n) is 18.7. The van der Waals surface area contributed by atoms with Gasteiger partial charge in [0.05, 0.1) is 18.8 Å². The molecule has 2 saturated heterocycles. The molecule has 0 unspecified atom stereocenters. The van der Waals surface area contributed by atoms with Gasteiger partial charge in [-0.2, -0.15) is 0 Å². The van der Waals surface area contributed by atoms with Gasteiger partial charge in [0.2, 0.25) is 11.8 Å². The summed E-state index contributed by atoms with van der Waals surface area (Å²) in [6.45, 7) is 3.49. The van der Waals surface area contributed by atoms with E-state index in [1.54, 1.807) is 35.4 Å². The van der Waals surface area contributed by atoms with Crippen molar-refractivity contribution in [3.63, 3.8) is 0 Å². The number of hydrogen-bond acceptors (Lipinski definition) is 7. The van der Waals surface area contributed by atoms with Gasteiger partial charge >= 0.3 is 6.09 Å². The lowest BCUT2D eigenvalue weighted by molar-refractivity contribution is -0.134. The van der Waals surface area contributed by atoms with Gasteiger partial charge in [-0.25, -0.2) is 14.2 Å². The Balaban J connectivity index is 1.41. The maximum Gasteiger partial charge on any atom is 0.414 e. The van der Waals surface area contributed by atoms with Gasteiger partial charge in [-0.15, -0.1) is 0 Å². The Labute approximate surface area is 195 Å². The maximum atomic E-state index is 14.9. The van der Waals surface area contributed by atoms with Crippen LogP contribution >= 0.6 is 0 Å². The van der Waals surface area contributed by atoms with Crippen LogP contribution in [-0.2, 0) is 14.3 Å². The van der Waals surface area contributed by atoms with Crippen LogP contribution < -0.4 is 15.1 Å². The van der Waals surface area contributed by atoms with Gasteiger partial charge in [-0.1, -0.05) is 0 Å². The molecule has 0 saturated carbocycles. The lowest BCUT2D eigenvalue weighted by Crippen LogP contribution is -2.49. The summed E-state index contributed by atoms with van der Waals surface area (Å²) < 4.78 is 20.2. The first-order valence-corrected chi connectivity index (χ1v) is 11.0. The summed E-state index contributed by atoms with van der Waals surface area (Å²) in [7, 11) is 0. The van der Waals surface area contributed by atoms with Gasteiger partial charge in [-0.05, 0) is 30.3 Å². The third-order valence-electron chi connectivity index (χ3n) is 5.87. The number of benzene rings is 1. The lowest BCUT2D eigenvalue weighted by Gasteiger charge is -2.35. The van der Waals surface area contributed by atoms with Crippen LogP contribution in [0.4, 0.5) is 20.7 Å². The fourth-order valence-corrected chi connectivity index (χ4v) is 4.02. The Morgan fingerprint density at radius 3 is 2.59 bits per heavy atom. The first-order valence-electron chi connectivity index (χ1n) is 11.0. The molecule has 3 heterocycles. The number of halogens is 1. The van der Waals surface area contributed by atoms with Crippen LogP contribution in [0.5, 0.6) is 0 Å². The van der Waals surface area contributed by atoms with Gasteiger partial charge in [0.1, 0.15) is 24.3 Å². The highest BCUT2D eigenvalue weighted by atomic mass is 19.1. The minimum atomic E-state index is -0.589. The van der Waals surface area contributed by atoms with E-state index in [0.29, 0.717) is 43.0 Å². The van der Waals surface area contributed by atoms with Crippen LogP contribution in [0.2, 0.25) is 0 Å². The Hall–Kier alpha value is -3.73. The molecule has 3 amide bonds. The van der Waals surface area contributed by atoms with Crippen molar-refractivity contribution in [1.82, 2.24) is 15.2 Å². The number of anilines is 2. The van der Waals surface area contributed by atoms with Crippen molar-refractivity contribution in [2.45, 2.75) is 13.0 Å². The number of pyridine rings is 1. The summed E-state index contributed by atoms with van der Waals surface area (Å²) in [5.74, 6) is -0.279. The number of carbonyl (C=O) groups is 3. The number of nitrogens with one attached hydrogen (secondary N) is 1. The molecule has 0 spiro atoms. The number of cyclic esters (lactones) is 1.